The van der Waals surface area contributed by atoms with Crippen molar-refractivity contribution < 1.29 is 18.0 Å². The third-order valence-electron chi connectivity index (χ3n) is 5.19. The minimum atomic E-state index is -3.68. The second-order valence-corrected chi connectivity index (χ2v) is 9.46. The summed E-state index contributed by atoms with van der Waals surface area (Å²) < 4.78 is 26.1. The fraction of sp³-hybridized carbons (Fsp3) is 0.227. The Hall–Kier alpha value is -3.30. The lowest BCUT2D eigenvalue weighted by Gasteiger charge is -2.12. The fourth-order valence-electron chi connectivity index (χ4n) is 3.56. The van der Waals surface area contributed by atoms with Crippen molar-refractivity contribution in [3.8, 4) is 0 Å². The number of hydrogen-bond acceptors (Lipinski definition) is 6. The molecule has 4 rings (SSSR count). The van der Waals surface area contributed by atoms with Crippen LogP contribution in [0.25, 0.3) is 0 Å². The zero-order valence-electron chi connectivity index (χ0n) is 16.9. The Morgan fingerprint density at radius 2 is 1.87 bits per heavy atom. The molecule has 0 radical (unpaired) electrons. The molecule has 1 aromatic heterocycles. The Balaban J connectivity index is 1.44. The van der Waals surface area contributed by atoms with E-state index in [-0.39, 0.29) is 41.8 Å². The summed E-state index contributed by atoms with van der Waals surface area (Å²) in [6.07, 6.45) is 0.0822. The lowest BCUT2D eigenvalue weighted by molar-refractivity contribution is -0.116. The molecular weight excluding hydrogens is 416 g/mol. The molecule has 9 heteroatoms. The number of rotatable bonds is 7. The highest BCUT2D eigenvalue weighted by molar-refractivity contribution is 7.91. The highest BCUT2D eigenvalue weighted by atomic mass is 32.2. The molecule has 2 aromatic carbocycles. The van der Waals surface area contributed by atoms with Gasteiger partial charge in [-0.2, -0.15) is 5.10 Å². The summed E-state index contributed by atoms with van der Waals surface area (Å²) >= 11 is 0. The number of amides is 1. The van der Waals surface area contributed by atoms with Crippen LogP contribution in [0.15, 0.2) is 59.5 Å². The number of benzene rings is 2. The molecule has 1 amide bonds. The Kier molecular flexibility index (Phi) is 5.71. The van der Waals surface area contributed by atoms with Crippen LogP contribution in [0.4, 0.5) is 5.82 Å². The van der Waals surface area contributed by atoms with E-state index in [1.807, 2.05) is 19.1 Å². The van der Waals surface area contributed by atoms with Gasteiger partial charge < -0.3 is 5.32 Å². The minimum absolute atomic E-state index is 0.00775. The van der Waals surface area contributed by atoms with Gasteiger partial charge >= 0.3 is 0 Å². The number of sulfone groups is 1. The number of aromatic amines is 1. The molecule has 0 saturated heterocycles. The number of carbonyl (C=O) groups is 2. The number of aryl methyl sites for hydroxylation is 1. The molecule has 1 unspecified atom stereocenters. The van der Waals surface area contributed by atoms with Crippen LogP contribution in [0.2, 0.25) is 0 Å². The standard InChI is InChI=1S/C22H22N4O4S/c1-14-6-5-9-16(12-14)31(29,30)22-20-17(13-23-22)21(26-25-20)24-19(28)11-10-18(27)15-7-3-2-4-8-15/h2-9,12,22-23H,10-11,13H2,1H3,(H2,24,25,26,28). The van der Waals surface area contributed by atoms with Gasteiger partial charge in [-0.1, -0.05) is 42.5 Å². The van der Waals surface area contributed by atoms with Crippen molar-refractivity contribution in [1.29, 1.82) is 0 Å². The summed E-state index contributed by atoms with van der Waals surface area (Å²) in [7, 11) is -3.68. The molecular formula is C22H22N4O4S. The van der Waals surface area contributed by atoms with E-state index in [0.717, 1.165) is 5.56 Å². The summed E-state index contributed by atoms with van der Waals surface area (Å²) in [5.74, 6) is -0.195. The van der Waals surface area contributed by atoms with E-state index in [9.17, 15) is 18.0 Å². The van der Waals surface area contributed by atoms with Crippen LogP contribution in [-0.4, -0.2) is 30.3 Å². The van der Waals surface area contributed by atoms with E-state index in [2.05, 4.69) is 20.8 Å². The second kappa shape index (κ2) is 8.44. The number of anilines is 1. The number of carbonyl (C=O) groups excluding carboxylic acids is 2. The van der Waals surface area contributed by atoms with Gasteiger partial charge in [0, 0.05) is 30.5 Å². The number of ketones is 1. The smallest absolute Gasteiger partial charge is 0.226 e. The highest BCUT2D eigenvalue weighted by Crippen LogP contribution is 2.35. The van der Waals surface area contributed by atoms with E-state index >= 15 is 0 Å². The van der Waals surface area contributed by atoms with Gasteiger partial charge in [-0.05, 0) is 24.6 Å². The molecule has 2 heterocycles. The first kappa shape index (κ1) is 21.0. The van der Waals surface area contributed by atoms with Crippen molar-refractivity contribution >= 4 is 27.3 Å². The SMILES string of the molecule is Cc1cccc(S(=O)(=O)C2NCc3c(NC(=O)CCC(=O)c4ccccc4)n[nH]c32)c1. The molecule has 0 spiro atoms. The molecule has 0 bridgehead atoms. The monoisotopic (exact) mass is 438 g/mol. The lowest BCUT2D eigenvalue weighted by Crippen LogP contribution is -2.23. The molecule has 1 aliphatic heterocycles. The first-order chi connectivity index (χ1) is 14.9. The first-order valence-electron chi connectivity index (χ1n) is 9.85. The summed E-state index contributed by atoms with van der Waals surface area (Å²) in [5, 5.41) is 11.5. The molecule has 0 saturated carbocycles. The van der Waals surface area contributed by atoms with E-state index in [1.54, 1.807) is 42.5 Å². The summed E-state index contributed by atoms with van der Waals surface area (Å²) in [5.41, 5.74) is 2.42. The van der Waals surface area contributed by atoms with Gasteiger partial charge in [-0.15, -0.1) is 0 Å². The van der Waals surface area contributed by atoms with Crippen LogP contribution in [0.5, 0.6) is 0 Å². The van der Waals surface area contributed by atoms with Crippen molar-refractivity contribution in [2.24, 2.45) is 0 Å². The topological polar surface area (TPSA) is 121 Å². The van der Waals surface area contributed by atoms with Gasteiger partial charge in [-0.25, -0.2) is 8.42 Å². The highest BCUT2D eigenvalue weighted by Gasteiger charge is 2.38. The van der Waals surface area contributed by atoms with E-state index in [1.165, 1.54) is 0 Å². The van der Waals surface area contributed by atoms with Crippen LogP contribution >= 0.6 is 0 Å². The third-order valence-corrected chi connectivity index (χ3v) is 7.12. The van der Waals surface area contributed by atoms with Crippen LogP contribution in [0.3, 0.4) is 0 Å². The van der Waals surface area contributed by atoms with Crippen molar-refractivity contribution in [1.82, 2.24) is 15.5 Å². The quantitative estimate of drug-likeness (QED) is 0.488. The average molecular weight is 439 g/mol. The largest absolute Gasteiger partial charge is 0.309 e. The van der Waals surface area contributed by atoms with Crippen molar-refractivity contribution in [3.63, 3.8) is 0 Å². The van der Waals surface area contributed by atoms with Crippen LogP contribution < -0.4 is 10.6 Å². The number of aromatic nitrogens is 2. The van der Waals surface area contributed by atoms with Crippen LogP contribution in [0, 0.1) is 6.92 Å². The number of nitrogens with zero attached hydrogens (tertiary/aromatic N) is 1. The van der Waals surface area contributed by atoms with E-state index in [0.29, 0.717) is 16.8 Å². The molecule has 1 atom stereocenters. The maximum absolute atomic E-state index is 13.1. The Morgan fingerprint density at radius 1 is 1.10 bits per heavy atom. The number of hydrogen-bond donors (Lipinski definition) is 3. The lowest BCUT2D eigenvalue weighted by atomic mass is 10.1. The van der Waals surface area contributed by atoms with Gasteiger partial charge in [0.2, 0.25) is 5.91 Å². The number of Topliss-reactive ketones (excluding diaryl/α,β-unsaturated/α-hetero) is 1. The fourth-order valence-corrected chi connectivity index (χ4v) is 5.26. The van der Waals surface area contributed by atoms with Gasteiger partial charge in [0.15, 0.2) is 26.8 Å². The maximum Gasteiger partial charge on any atom is 0.226 e. The van der Waals surface area contributed by atoms with Gasteiger partial charge in [0.25, 0.3) is 0 Å². The molecule has 3 N–H and O–H groups in total. The summed E-state index contributed by atoms with van der Waals surface area (Å²) in [4.78, 5) is 24.7. The molecule has 3 aromatic rings. The summed E-state index contributed by atoms with van der Waals surface area (Å²) in [6.45, 7) is 2.08. The van der Waals surface area contributed by atoms with E-state index < -0.39 is 15.2 Å². The van der Waals surface area contributed by atoms with Crippen LogP contribution in [-0.2, 0) is 21.2 Å². The number of H-pyrrole nitrogens is 1. The van der Waals surface area contributed by atoms with Gasteiger partial charge in [0.05, 0.1) is 10.6 Å². The predicted octanol–water partition coefficient (Wildman–Crippen LogP) is 2.90. The van der Waals surface area contributed by atoms with Crippen molar-refractivity contribution in [2.75, 3.05) is 5.32 Å². The van der Waals surface area contributed by atoms with Gasteiger partial charge in [0.1, 0.15) is 0 Å². The van der Waals surface area contributed by atoms with E-state index in [4.69, 9.17) is 0 Å². The molecule has 8 nitrogen and oxygen atoms in total. The normalized spacial score (nSPS) is 15.5. The first-order valence-corrected chi connectivity index (χ1v) is 11.4. The average Bonchev–Trinajstić information content (AvgIpc) is 3.36. The zero-order chi connectivity index (χ0) is 22.0. The number of nitrogens with one attached hydrogen (secondary N) is 3. The Morgan fingerprint density at radius 3 is 2.61 bits per heavy atom. The van der Waals surface area contributed by atoms with Crippen LogP contribution in [0.1, 0.15) is 45.4 Å². The molecule has 160 valence electrons. The zero-order valence-corrected chi connectivity index (χ0v) is 17.7. The maximum atomic E-state index is 13.1. The minimum Gasteiger partial charge on any atom is -0.309 e. The number of fused-ring (bicyclic) bond motifs is 1. The molecule has 0 fully saturated rings. The predicted molar refractivity (Wildman–Crippen MR) is 115 cm³/mol. The Bertz CT molecular complexity index is 1240. The second-order valence-electron chi connectivity index (χ2n) is 7.42. The van der Waals surface area contributed by atoms with Crippen molar-refractivity contribution in [2.45, 2.75) is 36.6 Å². The summed E-state index contributed by atoms with van der Waals surface area (Å²) in [6, 6.07) is 15.5. The van der Waals surface area contributed by atoms with Gasteiger partial charge in [-0.3, -0.25) is 20.0 Å². The Labute approximate surface area is 180 Å². The molecule has 0 aliphatic carbocycles. The molecule has 1 aliphatic rings. The van der Waals surface area contributed by atoms with Crippen molar-refractivity contribution in [3.05, 3.63) is 77.0 Å². The molecule has 31 heavy (non-hydrogen) atoms. The third kappa shape index (κ3) is 4.28.